The third-order valence-corrected chi connectivity index (χ3v) is 5.21. The van der Waals surface area contributed by atoms with Gasteiger partial charge in [-0.05, 0) is 54.4 Å². The van der Waals surface area contributed by atoms with Crippen molar-refractivity contribution in [1.82, 2.24) is 15.0 Å². The highest BCUT2D eigenvalue weighted by Gasteiger charge is 2.21. The molecule has 0 saturated carbocycles. The number of hydrogen-bond acceptors (Lipinski definition) is 5. The number of anilines is 1. The van der Waals surface area contributed by atoms with Crippen LogP contribution in [0.2, 0.25) is 0 Å². The first-order valence-corrected chi connectivity index (χ1v) is 9.64. The van der Waals surface area contributed by atoms with Gasteiger partial charge < -0.3 is 9.64 Å². The van der Waals surface area contributed by atoms with Crippen molar-refractivity contribution in [3.63, 3.8) is 0 Å². The fraction of sp³-hybridized carbons (Fsp3) is 0.174. The largest absolute Gasteiger partial charge is 0.453 e. The van der Waals surface area contributed by atoms with Crippen LogP contribution in [-0.4, -0.2) is 21.5 Å². The predicted octanol–water partition coefficient (Wildman–Crippen LogP) is 4.97. The van der Waals surface area contributed by atoms with E-state index in [1.807, 2.05) is 13.0 Å². The van der Waals surface area contributed by atoms with Gasteiger partial charge in [-0.15, -0.1) is 0 Å². The molecule has 5 rings (SSSR count). The molecule has 150 valence electrons. The van der Waals surface area contributed by atoms with E-state index in [9.17, 15) is 8.78 Å². The molecule has 2 aromatic carbocycles. The normalized spacial score (nSPS) is 13.4. The molecule has 0 aliphatic carbocycles. The van der Waals surface area contributed by atoms with Gasteiger partial charge in [0.1, 0.15) is 23.7 Å². The van der Waals surface area contributed by atoms with Crippen LogP contribution in [0.3, 0.4) is 0 Å². The highest BCUT2D eigenvalue weighted by atomic mass is 19.1. The maximum absolute atomic E-state index is 14.1. The van der Waals surface area contributed by atoms with E-state index in [0.29, 0.717) is 35.6 Å². The van der Waals surface area contributed by atoms with Gasteiger partial charge in [-0.25, -0.2) is 18.7 Å². The molecule has 0 saturated heterocycles. The van der Waals surface area contributed by atoms with Crippen molar-refractivity contribution in [2.45, 2.75) is 19.9 Å². The first kappa shape index (κ1) is 18.4. The molecule has 7 heteroatoms. The molecule has 4 aromatic rings. The summed E-state index contributed by atoms with van der Waals surface area (Å²) in [6.07, 6.45) is 3.82. The van der Waals surface area contributed by atoms with E-state index in [1.54, 1.807) is 24.4 Å². The summed E-state index contributed by atoms with van der Waals surface area (Å²) >= 11 is 0. The van der Waals surface area contributed by atoms with E-state index in [1.165, 1.54) is 24.5 Å². The van der Waals surface area contributed by atoms with Crippen molar-refractivity contribution >= 4 is 16.7 Å². The number of halogens is 2. The molecule has 1 aliphatic rings. The predicted molar refractivity (Wildman–Crippen MR) is 110 cm³/mol. The molecular formula is C23H18F2N4O. The SMILES string of the molecule is Cc1ccc(Oc2cnc3c(c2)CN(c2ncnc4ccc(F)cc24)CC3)c(F)c1. The standard InChI is InChI=1S/C23H18F2N4O/c1-14-2-5-22(19(25)8-14)30-17-9-15-12-29(7-6-20(15)26-11-17)23-18-10-16(24)3-4-21(18)27-13-28-23/h2-5,8-11,13H,6-7,12H2,1H3. The van der Waals surface area contributed by atoms with Crippen LogP contribution < -0.4 is 9.64 Å². The first-order chi connectivity index (χ1) is 14.6. The zero-order valence-electron chi connectivity index (χ0n) is 16.3. The Balaban J connectivity index is 1.45. The highest BCUT2D eigenvalue weighted by Crippen LogP contribution is 2.31. The second kappa shape index (κ2) is 7.33. The minimum absolute atomic E-state index is 0.160. The first-order valence-electron chi connectivity index (χ1n) is 9.64. The number of benzene rings is 2. The Morgan fingerprint density at radius 2 is 1.90 bits per heavy atom. The summed E-state index contributed by atoms with van der Waals surface area (Å²) in [5.41, 5.74) is 3.45. The quantitative estimate of drug-likeness (QED) is 0.483. The zero-order chi connectivity index (χ0) is 20.7. The van der Waals surface area contributed by atoms with Crippen LogP contribution >= 0.6 is 0 Å². The van der Waals surface area contributed by atoms with Crippen molar-refractivity contribution in [2.24, 2.45) is 0 Å². The van der Waals surface area contributed by atoms with Crippen LogP contribution in [0.25, 0.3) is 10.9 Å². The Hall–Kier alpha value is -3.61. The maximum Gasteiger partial charge on any atom is 0.165 e. The molecule has 3 heterocycles. The minimum Gasteiger partial charge on any atom is -0.453 e. The van der Waals surface area contributed by atoms with Crippen molar-refractivity contribution in [2.75, 3.05) is 11.4 Å². The number of ether oxygens (including phenoxy) is 1. The van der Waals surface area contributed by atoms with E-state index in [2.05, 4.69) is 19.9 Å². The summed E-state index contributed by atoms with van der Waals surface area (Å²) in [5.74, 6) is 0.572. The third kappa shape index (κ3) is 3.43. The molecular weight excluding hydrogens is 386 g/mol. The monoisotopic (exact) mass is 404 g/mol. The summed E-state index contributed by atoms with van der Waals surface area (Å²) in [6.45, 7) is 3.07. The molecule has 0 N–H and O–H groups in total. The van der Waals surface area contributed by atoms with E-state index in [0.717, 1.165) is 23.2 Å². The van der Waals surface area contributed by atoms with Crippen LogP contribution in [0, 0.1) is 18.6 Å². The molecule has 30 heavy (non-hydrogen) atoms. The van der Waals surface area contributed by atoms with Crippen molar-refractivity contribution < 1.29 is 13.5 Å². The topological polar surface area (TPSA) is 51.1 Å². The molecule has 0 amide bonds. The lowest BCUT2D eigenvalue weighted by Crippen LogP contribution is -2.31. The molecule has 0 spiro atoms. The lowest BCUT2D eigenvalue weighted by Gasteiger charge is -2.30. The van der Waals surface area contributed by atoms with E-state index in [4.69, 9.17) is 4.74 Å². The second-order valence-corrected chi connectivity index (χ2v) is 7.34. The number of aromatic nitrogens is 3. The van der Waals surface area contributed by atoms with Gasteiger partial charge in [-0.3, -0.25) is 4.98 Å². The third-order valence-electron chi connectivity index (χ3n) is 5.21. The Labute approximate surface area is 172 Å². The summed E-state index contributed by atoms with van der Waals surface area (Å²) in [7, 11) is 0. The molecule has 0 unspecified atom stereocenters. The smallest absolute Gasteiger partial charge is 0.165 e. The van der Waals surface area contributed by atoms with Crippen LogP contribution in [0.1, 0.15) is 16.8 Å². The number of fused-ring (bicyclic) bond motifs is 2. The molecule has 2 aromatic heterocycles. The Bertz CT molecular complexity index is 1260. The average molecular weight is 404 g/mol. The van der Waals surface area contributed by atoms with E-state index >= 15 is 0 Å². The van der Waals surface area contributed by atoms with Crippen LogP contribution in [-0.2, 0) is 13.0 Å². The fourth-order valence-electron chi connectivity index (χ4n) is 3.72. The molecule has 0 fully saturated rings. The van der Waals surface area contributed by atoms with Crippen LogP contribution in [0.5, 0.6) is 11.5 Å². The van der Waals surface area contributed by atoms with Gasteiger partial charge in [0.15, 0.2) is 11.6 Å². The van der Waals surface area contributed by atoms with Crippen molar-refractivity contribution in [3.8, 4) is 11.5 Å². The zero-order valence-corrected chi connectivity index (χ0v) is 16.3. The molecule has 0 bridgehead atoms. The Morgan fingerprint density at radius 1 is 1.00 bits per heavy atom. The highest BCUT2D eigenvalue weighted by molar-refractivity contribution is 5.89. The average Bonchev–Trinajstić information content (AvgIpc) is 2.75. The van der Waals surface area contributed by atoms with Gasteiger partial charge in [-0.1, -0.05) is 6.07 Å². The minimum atomic E-state index is -0.413. The fourth-order valence-corrected chi connectivity index (χ4v) is 3.72. The number of hydrogen-bond donors (Lipinski definition) is 0. The van der Waals surface area contributed by atoms with Crippen LogP contribution in [0.15, 0.2) is 55.0 Å². The van der Waals surface area contributed by atoms with Crippen molar-refractivity contribution in [1.29, 1.82) is 0 Å². The Morgan fingerprint density at radius 3 is 2.77 bits per heavy atom. The van der Waals surface area contributed by atoms with Gasteiger partial charge in [0.25, 0.3) is 0 Å². The number of aryl methyl sites for hydroxylation is 1. The number of rotatable bonds is 3. The molecule has 0 radical (unpaired) electrons. The summed E-state index contributed by atoms with van der Waals surface area (Å²) in [4.78, 5) is 15.2. The lowest BCUT2D eigenvalue weighted by atomic mass is 10.0. The summed E-state index contributed by atoms with van der Waals surface area (Å²) < 4.78 is 33.7. The number of nitrogens with zero attached hydrogens (tertiary/aromatic N) is 4. The van der Waals surface area contributed by atoms with Gasteiger partial charge in [0, 0.05) is 30.6 Å². The van der Waals surface area contributed by atoms with Crippen molar-refractivity contribution in [3.05, 3.63) is 83.4 Å². The van der Waals surface area contributed by atoms with Crippen LogP contribution in [0.4, 0.5) is 14.6 Å². The molecule has 5 nitrogen and oxygen atoms in total. The second-order valence-electron chi connectivity index (χ2n) is 7.34. The number of pyridine rings is 1. The summed E-state index contributed by atoms with van der Waals surface area (Å²) in [5, 5.41) is 0.669. The molecule has 1 aliphatic heterocycles. The lowest BCUT2D eigenvalue weighted by molar-refractivity contribution is 0.438. The van der Waals surface area contributed by atoms with Gasteiger partial charge in [0.2, 0.25) is 0 Å². The van der Waals surface area contributed by atoms with E-state index < -0.39 is 5.82 Å². The summed E-state index contributed by atoms with van der Waals surface area (Å²) in [6, 6.07) is 11.2. The van der Waals surface area contributed by atoms with Gasteiger partial charge >= 0.3 is 0 Å². The Kier molecular flexibility index (Phi) is 4.50. The van der Waals surface area contributed by atoms with Gasteiger partial charge in [-0.2, -0.15) is 0 Å². The maximum atomic E-state index is 14.1. The van der Waals surface area contributed by atoms with Gasteiger partial charge in [0.05, 0.1) is 11.7 Å². The molecule has 0 atom stereocenters. The van der Waals surface area contributed by atoms with E-state index in [-0.39, 0.29) is 11.6 Å².